The number of rotatable bonds is 5. The van der Waals surface area contributed by atoms with Gasteiger partial charge in [0.15, 0.2) is 11.0 Å². The van der Waals surface area contributed by atoms with E-state index in [0.717, 1.165) is 25.9 Å². The Morgan fingerprint density at radius 1 is 1.50 bits per heavy atom. The third-order valence-corrected chi connectivity index (χ3v) is 5.21. The lowest BCUT2D eigenvalue weighted by Crippen LogP contribution is -2.60. The number of hydrogen-bond donors (Lipinski definition) is 2. The highest BCUT2D eigenvalue weighted by atomic mass is 35.5. The lowest BCUT2D eigenvalue weighted by atomic mass is 9.60. The van der Waals surface area contributed by atoms with E-state index in [2.05, 4.69) is 15.5 Å². The first-order valence-electron chi connectivity index (χ1n) is 7.78. The molecule has 0 bridgehead atoms. The van der Waals surface area contributed by atoms with Crippen molar-refractivity contribution in [3.63, 3.8) is 0 Å². The molecule has 0 aliphatic heterocycles. The van der Waals surface area contributed by atoms with Gasteiger partial charge in [-0.1, -0.05) is 24.4 Å². The molecule has 2 atom stereocenters. The molecule has 120 valence electrons. The van der Waals surface area contributed by atoms with Crippen LogP contribution in [0.3, 0.4) is 0 Å². The first-order chi connectivity index (χ1) is 10.6. The molecular weight excluding hydrogens is 304 g/mol. The van der Waals surface area contributed by atoms with Crippen LogP contribution in [0.5, 0.6) is 0 Å². The Kier molecular flexibility index (Phi) is 4.23. The van der Waals surface area contributed by atoms with Gasteiger partial charge in [-0.25, -0.2) is 0 Å². The zero-order chi connectivity index (χ0) is 15.7. The minimum Gasteiger partial charge on any atom is -0.378 e. The summed E-state index contributed by atoms with van der Waals surface area (Å²) in [7, 11) is 0. The molecule has 2 unspecified atom stereocenters. The average Bonchev–Trinajstić information content (AvgIpc) is 3.00. The van der Waals surface area contributed by atoms with E-state index >= 15 is 0 Å². The van der Waals surface area contributed by atoms with E-state index in [1.54, 1.807) is 0 Å². The summed E-state index contributed by atoms with van der Waals surface area (Å²) in [5.74, 6) is -0.136. The zero-order valence-corrected chi connectivity index (χ0v) is 13.4. The van der Waals surface area contributed by atoms with Crippen LogP contribution in [0.25, 0.3) is 0 Å². The summed E-state index contributed by atoms with van der Waals surface area (Å²) in [6.07, 6.45) is 5.92. The van der Waals surface area contributed by atoms with Gasteiger partial charge in [0.25, 0.3) is 5.91 Å². The van der Waals surface area contributed by atoms with Gasteiger partial charge in [0.05, 0.1) is 11.7 Å². The van der Waals surface area contributed by atoms with Gasteiger partial charge in [0.2, 0.25) is 0 Å². The van der Waals surface area contributed by atoms with E-state index in [0.29, 0.717) is 5.82 Å². The van der Waals surface area contributed by atoms with E-state index in [4.69, 9.17) is 22.1 Å². The number of aromatic nitrogens is 2. The van der Waals surface area contributed by atoms with Gasteiger partial charge in [0.1, 0.15) is 0 Å². The van der Waals surface area contributed by atoms with Crippen molar-refractivity contribution >= 4 is 23.3 Å². The van der Waals surface area contributed by atoms with E-state index in [9.17, 15) is 4.79 Å². The second-order valence-corrected chi connectivity index (χ2v) is 6.50. The topological polar surface area (TPSA) is 90.1 Å². The largest absolute Gasteiger partial charge is 0.378 e. The number of nitrogens with two attached hydrogens (primary N) is 1. The Morgan fingerprint density at radius 2 is 2.23 bits per heavy atom. The summed E-state index contributed by atoms with van der Waals surface area (Å²) in [5.41, 5.74) is 5.84. The molecule has 1 aromatic heterocycles. The van der Waals surface area contributed by atoms with Gasteiger partial charge in [-0.3, -0.25) is 4.79 Å². The lowest BCUT2D eigenvalue weighted by molar-refractivity contribution is -0.114. The first-order valence-corrected chi connectivity index (χ1v) is 8.16. The van der Waals surface area contributed by atoms with Gasteiger partial charge in [-0.05, 0) is 32.3 Å². The Morgan fingerprint density at radius 3 is 2.86 bits per heavy atom. The molecule has 1 spiro atoms. The van der Waals surface area contributed by atoms with Crippen LogP contribution in [-0.4, -0.2) is 34.9 Å². The summed E-state index contributed by atoms with van der Waals surface area (Å²) < 4.78 is 5.89. The number of nitrogens with zero attached hydrogens (tertiary/aromatic N) is 2. The van der Waals surface area contributed by atoms with Crippen LogP contribution in [-0.2, 0) is 4.74 Å². The van der Waals surface area contributed by atoms with Crippen molar-refractivity contribution in [2.45, 2.75) is 51.2 Å². The molecule has 2 aliphatic carbocycles. The van der Waals surface area contributed by atoms with E-state index in [1.165, 1.54) is 18.9 Å². The fraction of sp³-hybridized carbons (Fsp3) is 0.667. The van der Waals surface area contributed by atoms with Crippen molar-refractivity contribution in [3.8, 4) is 0 Å². The predicted octanol–water partition coefficient (Wildman–Crippen LogP) is 2.38. The second-order valence-electron chi connectivity index (χ2n) is 6.11. The molecule has 1 aromatic rings. The molecule has 22 heavy (non-hydrogen) atoms. The molecule has 2 saturated carbocycles. The summed E-state index contributed by atoms with van der Waals surface area (Å²) in [4.78, 5) is 11.6. The molecule has 1 amide bonds. The molecule has 2 aliphatic rings. The number of ether oxygens (including phenoxy) is 1. The van der Waals surface area contributed by atoms with Crippen LogP contribution < -0.4 is 11.1 Å². The first kappa shape index (κ1) is 15.5. The third kappa shape index (κ3) is 2.54. The lowest BCUT2D eigenvalue weighted by Gasteiger charge is -2.54. The van der Waals surface area contributed by atoms with Crippen molar-refractivity contribution in [1.29, 1.82) is 0 Å². The summed E-state index contributed by atoms with van der Waals surface area (Å²) in [5, 5.41) is 11.4. The Hall–Kier alpha value is -1.40. The van der Waals surface area contributed by atoms with Crippen LogP contribution in [0.2, 0.25) is 5.15 Å². The van der Waals surface area contributed by atoms with Crippen LogP contribution in [0, 0.1) is 5.41 Å². The Balaban J connectivity index is 1.80. The fourth-order valence-electron chi connectivity index (χ4n) is 3.92. The molecule has 2 fully saturated rings. The second kappa shape index (κ2) is 6.01. The molecule has 3 N–H and O–H groups in total. The van der Waals surface area contributed by atoms with Gasteiger partial charge in [-0.2, -0.15) is 0 Å². The van der Waals surface area contributed by atoms with Crippen LogP contribution in [0.15, 0.2) is 6.07 Å². The van der Waals surface area contributed by atoms with Crippen molar-refractivity contribution in [2.75, 3.05) is 11.9 Å². The van der Waals surface area contributed by atoms with Crippen molar-refractivity contribution in [2.24, 2.45) is 11.1 Å². The fourth-order valence-corrected chi connectivity index (χ4v) is 4.06. The van der Waals surface area contributed by atoms with E-state index < -0.39 is 5.91 Å². The standard InChI is InChI=1S/C15H21ClN4O2/c1-2-22-11-8-10(15(11)5-3-4-6-15)18-14-9(13(17)21)7-12(16)19-20-14/h7,10-11H,2-6,8H2,1H3,(H2,17,21)(H,18,20). The number of amides is 1. The molecule has 0 saturated heterocycles. The molecular formula is C15H21ClN4O2. The van der Waals surface area contributed by atoms with Crippen LogP contribution >= 0.6 is 11.6 Å². The number of halogens is 1. The summed E-state index contributed by atoms with van der Waals surface area (Å²) in [6, 6.07) is 1.69. The number of primary amides is 1. The van der Waals surface area contributed by atoms with Crippen LogP contribution in [0.1, 0.15) is 49.4 Å². The van der Waals surface area contributed by atoms with Crippen LogP contribution in [0.4, 0.5) is 5.82 Å². The van der Waals surface area contributed by atoms with E-state index in [1.807, 2.05) is 6.92 Å². The Labute approximate surface area is 134 Å². The summed E-state index contributed by atoms with van der Waals surface area (Å²) in [6.45, 7) is 2.76. The molecule has 6 nitrogen and oxygen atoms in total. The normalized spacial score (nSPS) is 25.9. The molecule has 0 radical (unpaired) electrons. The van der Waals surface area contributed by atoms with Gasteiger partial charge in [0, 0.05) is 18.1 Å². The molecule has 0 aromatic carbocycles. The van der Waals surface area contributed by atoms with Crippen molar-refractivity contribution < 1.29 is 9.53 Å². The average molecular weight is 325 g/mol. The number of carbonyl (C=O) groups is 1. The highest BCUT2D eigenvalue weighted by Crippen LogP contribution is 2.55. The SMILES string of the molecule is CCOC1CC(Nc2nnc(Cl)cc2C(N)=O)C12CCCC2. The zero-order valence-electron chi connectivity index (χ0n) is 12.6. The number of carbonyl (C=O) groups excluding carboxylic acids is 1. The highest BCUT2D eigenvalue weighted by Gasteiger charge is 2.56. The maximum absolute atomic E-state index is 11.6. The molecule has 3 rings (SSSR count). The maximum Gasteiger partial charge on any atom is 0.252 e. The van der Waals surface area contributed by atoms with E-state index in [-0.39, 0.29) is 28.3 Å². The Bertz CT molecular complexity index is 575. The molecule has 1 heterocycles. The smallest absolute Gasteiger partial charge is 0.252 e. The van der Waals surface area contributed by atoms with Gasteiger partial charge < -0.3 is 15.8 Å². The number of nitrogens with one attached hydrogen (secondary N) is 1. The minimum absolute atomic E-state index is 0.145. The van der Waals surface area contributed by atoms with Crippen molar-refractivity contribution in [3.05, 3.63) is 16.8 Å². The van der Waals surface area contributed by atoms with Gasteiger partial charge in [-0.15, -0.1) is 10.2 Å². The summed E-state index contributed by atoms with van der Waals surface area (Å²) >= 11 is 5.80. The quantitative estimate of drug-likeness (QED) is 0.867. The highest BCUT2D eigenvalue weighted by molar-refractivity contribution is 6.29. The van der Waals surface area contributed by atoms with Gasteiger partial charge >= 0.3 is 0 Å². The maximum atomic E-state index is 11.6. The minimum atomic E-state index is -0.555. The number of anilines is 1. The molecule has 7 heteroatoms. The predicted molar refractivity (Wildman–Crippen MR) is 83.9 cm³/mol. The third-order valence-electron chi connectivity index (χ3n) is 5.03. The van der Waals surface area contributed by atoms with Crippen molar-refractivity contribution in [1.82, 2.24) is 10.2 Å². The number of hydrogen-bond acceptors (Lipinski definition) is 5. The monoisotopic (exact) mass is 324 g/mol.